The van der Waals surface area contributed by atoms with Crippen LogP contribution in [-0.2, 0) is 0 Å². The van der Waals surface area contributed by atoms with Crippen molar-refractivity contribution < 1.29 is 9.21 Å². The monoisotopic (exact) mass is 274 g/mol. The fourth-order valence-electron chi connectivity index (χ4n) is 2.37. The van der Waals surface area contributed by atoms with E-state index in [-0.39, 0.29) is 18.1 Å². The molecule has 0 aliphatic heterocycles. The van der Waals surface area contributed by atoms with Crippen LogP contribution < -0.4 is 5.32 Å². The van der Waals surface area contributed by atoms with Gasteiger partial charge in [0, 0.05) is 18.5 Å². The molecule has 4 heteroatoms. The highest BCUT2D eigenvalue weighted by Crippen LogP contribution is 2.34. The summed E-state index contributed by atoms with van der Waals surface area (Å²) < 4.78 is 5.43. The molecule has 1 aliphatic carbocycles. The number of carbonyl (C=O) groups is 1. The Hall–Kier alpha value is -1.89. The highest BCUT2D eigenvalue weighted by atomic mass is 16.3. The van der Waals surface area contributed by atoms with Crippen molar-refractivity contribution in [1.82, 2.24) is 10.2 Å². The smallest absolute Gasteiger partial charge is 0.318 e. The highest BCUT2D eigenvalue weighted by molar-refractivity contribution is 5.75. The molecule has 0 unspecified atom stereocenters. The summed E-state index contributed by atoms with van der Waals surface area (Å²) in [5.41, 5.74) is 0. The molecule has 1 saturated carbocycles. The molecule has 0 saturated heterocycles. The van der Waals surface area contributed by atoms with Crippen LogP contribution in [0.1, 0.15) is 51.3 Å². The first-order valence-corrected chi connectivity index (χ1v) is 7.23. The van der Waals surface area contributed by atoms with Gasteiger partial charge in [0.2, 0.25) is 0 Å². The Morgan fingerprint density at radius 3 is 2.90 bits per heavy atom. The lowest BCUT2D eigenvalue weighted by Crippen LogP contribution is -2.46. The molecule has 2 amide bonds. The van der Waals surface area contributed by atoms with Gasteiger partial charge < -0.3 is 14.6 Å². The quantitative estimate of drug-likeness (QED) is 0.809. The molecule has 1 aromatic rings. The Morgan fingerprint density at radius 1 is 1.65 bits per heavy atom. The second kappa shape index (κ2) is 6.51. The van der Waals surface area contributed by atoms with Crippen molar-refractivity contribution in [3.8, 4) is 12.3 Å². The number of hydrogen-bond acceptors (Lipinski definition) is 2. The van der Waals surface area contributed by atoms with Crippen molar-refractivity contribution in [3.63, 3.8) is 0 Å². The molecule has 1 aromatic heterocycles. The maximum atomic E-state index is 12.5. The van der Waals surface area contributed by atoms with E-state index in [9.17, 15) is 4.79 Å². The van der Waals surface area contributed by atoms with E-state index in [0.29, 0.717) is 12.5 Å². The summed E-state index contributed by atoms with van der Waals surface area (Å²) in [6.45, 7) is 4.03. The number of terminal acetylenes is 1. The molecule has 1 N–H and O–H groups in total. The molecule has 1 heterocycles. The van der Waals surface area contributed by atoms with Crippen molar-refractivity contribution in [2.45, 2.75) is 57.7 Å². The van der Waals surface area contributed by atoms with Crippen LogP contribution in [0, 0.1) is 12.3 Å². The van der Waals surface area contributed by atoms with Gasteiger partial charge >= 0.3 is 6.03 Å². The molecule has 0 aromatic carbocycles. The molecular formula is C16H22N2O2. The van der Waals surface area contributed by atoms with Crippen LogP contribution in [0.3, 0.4) is 0 Å². The lowest BCUT2D eigenvalue weighted by atomic mass is 10.1. The molecule has 20 heavy (non-hydrogen) atoms. The first-order valence-electron chi connectivity index (χ1n) is 7.23. The van der Waals surface area contributed by atoms with Crippen molar-refractivity contribution in [2.75, 3.05) is 0 Å². The molecule has 4 nitrogen and oxygen atoms in total. The van der Waals surface area contributed by atoms with Crippen LogP contribution in [0.4, 0.5) is 4.79 Å². The van der Waals surface area contributed by atoms with Gasteiger partial charge in [-0.05, 0) is 38.3 Å². The molecule has 2 rings (SSSR count). The second-order valence-electron chi connectivity index (χ2n) is 5.29. The van der Waals surface area contributed by atoms with Gasteiger partial charge in [0.1, 0.15) is 5.76 Å². The number of hydrogen-bond donors (Lipinski definition) is 1. The van der Waals surface area contributed by atoms with Crippen LogP contribution in [0.5, 0.6) is 0 Å². The molecule has 1 fully saturated rings. The minimum atomic E-state index is -0.0548. The van der Waals surface area contributed by atoms with Crippen LogP contribution in [-0.4, -0.2) is 23.0 Å². The van der Waals surface area contributed by atoms with Crippen molar-refractivity contribution in [2.24, 2.45) is 0 Å². The number of urea groups is 1. The van der Waals surface area contributed by atoms with Gasteiger partial charge in [0.15, 0.2) is 0 Å². The first kappa shape index (κ1) is 14.5. The summed E-state index contributed by atoms with van der Waals surface area (Å²) >= 11 is 0. The fourth-order valence-corrected chi connectivity index (χ4v) is 2.37. The molecular weight excluding hydrogens is 252 g/mol. The Balaban J connectivity index is 2.05. The summed E-state index contributed by atoms with van der Waals surface area (Å²) in [6, 6.07) is 4.02. The topological polar surface area (TPSA) is 45.5 Å². The number of rotatable bonds is 6. The third kappa shape index (κ3) is 3.36. The van der Waals surface area contributed by atoms with Gasteiger partial charge in [0.05, 0.1) is 12.3 Å². The SMILES string of the molecule is C#CC[C@@H](CC)NC(=O)N(C1CC1)[C@H](C)c1ccco1. The molecule has 2 atom stereocenters. The van der Waals surface area contributed by atoms with E-state index in [1.165, 1.54) is 0 Å². The van der Waals surface area contributed by atoms with E-state index in [1.807, 2.05) is 30.9 Å². The predicted octanol–water partition coefficient (Wildman–Crippen LogP) is 3.32. The minimum Gasteiger partial charge on any atom is -0.467 e. The number of nitrogens with one attached hydrogen (secondary N) is 1. The molecule has 1 aliphatic rings. The molecule has 108 valence electrons. The van der Waals surface area contributed by atoms with Crippen LogP contribution in [0.2, 0.25) is 0 Å². The minimum absolute atomic E-state index is 0.0394. The standard InChI is InChI=1S/C16H22N2O2/c1-4-7-13(5-2)17-16(19)18(14-9-10-14)12(3)15-8-6-11-20-15/h1,6,8,11-14H,5,7,9-10H2,2-3H3,(H,17,19)/t12-,13-/m1/s1. The maximum Gasteiger partial charge on any atom is 0.318 e. The Kier molecular flexibility index (Phi) is 4.73. The van der Waals surface area contributed by atoms with E-state index in [2.05, 4.69) is 11.2 Å². The highest BCUT2D eigenvalue weighted by Gasteiger charge is 2.37. The van der Waals surface area contributed by atoms with E-state index >= 15 is 0 Å². The number of carbonyl (C=O) groups excluding carboxylic acids is 1. The van der Waals surface area contributed by atoms with Crippen molar-refractivity contribution >= 4 is 6.03 Å². The van der Waals surface area contributed by atoms with Crippen molar-refractivity contribution in [1.29, 1.82) is 0 Å². The number of furan rings is 1. The summed E-state index contributed by atoms with van der Waals surface area (Å²) in [7, 11) is 0. The summed E-state index contributed by atoms with van der Waals surface area (Å²) in [5, 5.41) is 3.03. The number of nitrogens with zero attached hydrogens (tertiary/aromatic N) is 1. The first-order chi connectivity index (χ1) is 9.67. The van der Waals surface area contributed by atoms with E-state index in [0.717, 1.165) is 25.0 Å². The zero-order valence-electron chi connectivity index (χ0n) is 12.1. The van der Waals surface area contributed by atoms with Gasteiger partial charge in [0.25, 0.3) is 0 Å². The van der Waals surface area contributed by atoms with Gasteiger partial charge in [-0.15, -0.1) is 12.3 Å². The van der Waals surface area contributed by atoms with Gasteiger partial charge in [-0.25, -0.2) is 4.79 Å². The fraction of sp³-hybridized carbons (Fsp3) is 0.562. The van der Waals surface area contributed by atoms with E-state index in [4.69, 9.17) is 10.8 Å². The van der Waals surface area contributed by atoms with E-state index in [1.54, 1.807) is 6.26 Å². The zero-order chi connectivity index (χ0) is 14.5. The predicted molar refractivity (Wildman–Crippen MR) is 78.0 cm³/mol. The molecule has 0 radical (unpaired) electrons. The van der Waals surface area contributed by atoms with Crippen molar-refractivity contribution in [3.05, 3.63) is 24.2 Å². The summed E-state index contributed by atoms with van der Waals surface area (Å²) in [4.78, 5) is 14.4. The lowest BCUT2D eigenvalue weighted by Gasteiger charge is -2.30. The van der Waals surface area contributed by atoms with Crippen LogP contribution >= 0.6 is 0 Å². The average Bonchev–Trinajstić information content (AvgIpc) is 3.10. The number of amides is 2. The molecule has 0 spiro atoms. The van der Waals surface area contributed by atoms with Crippen LogP contribution in [0.15, 0.2) is 22.8 Å². The van der Waals surface area contributed by atoms with Gasteiger partial charge in [-0.1, -0.05) is 6.92 Å². The van der Waals surface area contributed by atoms with Gasteiger partial charge in [-0.2, -0.15) is 0 Å². The summed E-state index contributed by atoms with van der Waals surface area (Å²) in [5.74, 6) is 3.43. The zero-order valence-corrected chi connectivity index (χ0v) is 12.1. The Bertz CT molecular complexity index is 471. The normalized spacial score (nSPS) is 17.1. The Labute approximate surface area is 120 Å². The third-order valence-electron chi connectivity index (χ3n) is 3.73. The molecule has 0 bridgehead atoms. The summed E-state index contributed by atoms with van der Waals surface area (Å²) in [6.07, 6.45) is 10.5. The third-order valence-corrected chi connectivity index (χ3v) is 3.73. The lowest BCUT2D eigenvalue weighted by molar-refractivity contribution is 0.162. The largest absolute Gasteiger partial charge is 0.467 e. The maximum absolute atomic E-state index is 12.5. The Morgan fingerprint density at radius 2 is 2.40 bits per heavy atom. The van der Waals surface area contributed by atoms with Crippen LogP contribution in [0.25, 0.3) is 0 Å². The van der Waals surface area contributed by atoms with Gasteiger partial charge in [-0.3, -0.25) is 0 Å². The second-order valence-corrected chi connectivity index (χ2v) is 5.29. The van der Waals surface area contributed by atoms with E-state index < -0.39 is 0 Å². The average molecular weight is 274 g/mol.